The Bertz CT molecular complexity index is 1690. The molecule has 0 spiro atoms. The zero-order valence-corrected chi connectivity index (χ0v) is 27.9. The van der Waals surface area contributed by atoms with Crippen LogP contribution in [0.4, 0.5) is 22.0 Å². The fraction of sp³-hybridized carbons (Fsp3) is 0.400. The van der Waals surface area contributed by atoms with Crippen molar-refractivity contribution in [2.45, 2.75) is 48.4 Å². The molecule has 0 radical (unpaired) electrons. The van der Waals surface area contributed by atoms with Crippen LogP contribution in [-0.2, 0) is 26.0 Å². The zero-order valence-electron chi connectivity index (χ0n) is 24.7. The van der Waals surface area contributed by atoms with E-state index in [0.29, 0.717) is 11.1 Å². The number of sulfonamides is 1. The molecular formula is C30H28Cl2F5N2O7S2+. The fourth-order valence-electron chi connectivity index (χ4n) is 4.70. The second kappa shape index (κ2) is 15.2. The quantitative estimate of drug-likeness (QED) is 0.132. The van der Waals surface area contributed by atoms with E-state index in [9.17, 15) is 35.2 Å². The van der Waals surface area contributed by atoms with Crippen molar-refractivity contribution in [2.24, 2.45) is 5.92 Å². The summed E-state index contributed by atoms with van der Waals surface area (Å²) in [5, 5.41) is -0.900. The first-order valence-corrected chi connectivity index (χ1v) is 17.6. The van der Waals surface area contributed by atoms with Crippen molar-refractivity contribution in [2.75, 3.05) is 25.5 Å². The normalized spacial score (nSPS) is 17.7. The Morgan fingerprint density at radius 1 is 1.02 bits per heavy atom. The highest BCUT2D eigenvalue weighted by atomic mass is 35.5. The predicted octanol–water partition coefficient (Wildman–Crippen LogP) is 6.73. The average molecular weight is 759 g/mol. The number of halogens is 7. The van der Waals surface area contributed by atoms with E-state index in [0.717, 1.165) is 53.2 Å². The van der Waals surface area contributed by atoms with E-state index in [1.807, 2.05) is 0 Å². The number of aromatic amines is 1. The number of hydrogen-bond acceptors (Lipinski definition) is 8. The number of carbonyl (C=O) groups excluding carboxylic acids is 1. The van der Waals surface area contributed by atoms with Crippen LogP contribution in [0.5, 0.6) is 17.2 Å². The average Bonchev–Trinajstić information content (AvgIpc) is 3.72. The minimum atomic E-state index is -4.58. The molecule has 9 nitrogen and oxygen atoms in total. The third-order valence-corrected chi connectivity index (χ3v) is 11.1. The first-order chi connectivity index (χ1) is 22.7. The lowest BCUT2D eigenvalue weighted by molar-refractivity contribution is -0.377. The maximum atomic E-state index is 13.7. The Balaban J connectivity index is 1.41. The van der Waals surface area contributed by atoms with Crippen molar-refractivity contribution >= 4 is 51.0 Å². The van der Waals surface area contributed by atoms with Crippen LogP contribution < -0.4 is 19.2 Å². The van der Waals surface area contributed by atoms with E-state index in [2.05, 4.69) is 14.5 Å². The lowest BCUT2D eigenvalue weighted by Crippen LogP contribution is -2.40. The van der Waals surface area contributed by atoms with Crippen LogP contribution in [0, 0.1) is 5.92 Å². The van der Waals surface area contributed by atoms with E-state index in [4.69, 9.17) is 32.7 Å². The summed E-state index contributed by atoms with van der Waals surface area (Å²) in [5.41, 5.74) is 0.696. The second-order valence-corrected chi connectivity index (χ2v) is 14.7. The molecule has 1 aromatic heterocycles. The van der Waals surface area contributed by atoms with E-state index in [1.54, 1.807) is 0 Å². The van der Waals surface area contributed by atoms with Gasteiger partial charge in [0.25, 0.3) is 0 Å². The summed E-state index contributed by atoms with van der Waals surface area (Å²) < 4.78 is 113. The molecule has 2 fully saturated rings. The molecule has 2 heterocycles. The third-order valence-electron chi connectivity index (χ3n) is 7.26. The highest BCUT2D eigenvalue weighted by Gasteiger charge is 2.42. The largest absolute Gasteiger partial charge is 0.489 e. The van der Waals surface area contributed by atoms with Gasteiger partial charge in [0, 0.05) is 24.3 Å². The summed E-state index contributed by atoms with van der Waals surface area (Å²) >= 11 is 13.8. The van der Waals surface area contributed by atoms with Crippen molar-refractivity contribution in [3.8, 4) is 17.2 Å². The smallest absolute Gasteiger partial charge is 0.422 e. The van der Waals surface area contributed by atoms with Crippen molar-refractivity contribution < 1.29 is 59.1 Å². The van der Waals surface area contributed by atoms with Gasteiger partial charge in [0.1, 0.15) is 21.9 Å². The van der Waals surface area contributed by atoms with Crippen LogP contribution in [0.25, 0.3) is 0 Å². The first-order valence-electron chi connectivity index (χ1n) is 14.4. The maximum Gasteiger partial charge on any atom is 0.422 e. The number of thioether (sulfide) groups is 1. The molecule has 0 unspecified atom stereocenters. The Hall–Kier alpha value is -3.05. The standard InChI is InChI=1S/C30H27Cl2F5N2O7S2/c31-22-13-38-14-23(32)21(22)12-25(18-3-8-24(46-29(33)34)26(11-18)43-15-17-1-2-17)45-28(40)27-39(9-10-47-27)48(41,42)20-6-4-19(5-7-20)44-16-30(35,36)37/h3-8,11,13-14,17,25,27,29H,1-2,9-10,12,15-16H2/p+1/t25-,27-/m0/s1. The second-order valence-electron chi connectivity index (χ2n) is 10.8. The number of carbonyl (C=O) groups is 1. The molecule has 0 bridgehead atoms. The van der Waals surface area contributed by atoms with E-state index < -0.39 is 46.9 Å². The Morgan fingerprint density at radius 2 is 1.71 bits per heavy atom. The summed E-state index contributed by atoms with van der Waals surface area (Å²) in [6.07, 6.45) is -1.01. The number of aromatic nitrogens is 1. The number of benzene rings is 2. The van der Waals surface area contributed by atoms with Crippen molar-refractivity contribution in [1.82, 2.24) is 4.31 Å². The number of rotatable bonds is 14. The molecule has 1 aliphatic carbocycles. The van der Waals surface area contributed by atoms with E-state index in [-0.39, 0.29) is 63.4 Å². The highest BCUT2D eigenvalue weighted by Crippen LogP contribution is 2.39. The van der Waals surface area contributed by atoms with Crippen molar-refractivity contribution in [3.05, 3.63) is 76.0 Å². The minimum absolute atomic E-state index is 0.00134. The SMILES string of the molecule is O=C(O[C@@H](Cc1c(Cl)c[nH+]cc1Cl)c1ccc(OC(F)F)c(OCC2CC2)c1)[C@@H]1SCCN1S(=O)(=O)c1ccc(OCC(F)(F)F)cc1. The lowest BCUT2D eigenvalue weighted by Gasteiger charge is -2.26. The topological polar surface area (TPSA) is 106 Å². The van der Waals surface area contributed by atoms with Crippen LogP contribution in [-0.4, -0.2) is 62.4 Å². The minimum Gasteiger partial charge on any atom is -0.489 e. The fourth-order valence-corrected chi connectivity index (χ4v) is 8.28. The van der Waals surface area contributed by atoms with Gasteiger partial charge < -0.3 is 18.9 Å². The molecular weight excluding hydrogens is 730 g/mol. The van der Waals surface area contributed by atoms with E-state index >= 15 is 0 Å². The Labute approximate surface area is 286 Å². The van der Waals surface area contributed by atoms with Crippen LogP contribution in [0.1, 0.15) is 30.1 Å². The summed E-state index contributed by atoms with van der Waals surface area (Å²) in [4.78, 5) is 16.2. The number of ether oxygens (including phenoxy) is 4. The number of alkyl halides is 5. The maximum absolute atomic E-state index is 13.7. The van der Waals surface area contributed by atoms with Crippen molar-refractivity contribution in [3.63, 3.8) is 0 Å². The van der Waals surface area contributed by atoms with Crippen molar-refractivity contribution in [1.29, 1.82) is 0 Å². The molecule has 2 aliphatic rings. The van der Waals surface area contributed by atoms with Crippen LogP contribution in [0.3, 0.4) is 0 Å². The third kappa shape index (κ3) is 9.34. The molecule has 260 valence electrons. The highest BCUT2D eigenvalue weighted by molar-refractivity contribution is 8.02. The molecule has 18 heteroatoms. The van der Waals surface area contributed by atoms with Gasteiger partial charge in [-0.15, -0.1) is 11.8 Å². The van der Waals surface area contributed by atoms with Gasteiger partial charge in [0.05, 0.1) is 11.5 Å². The molecule has 1 saturated heterocycles. The Kier molecular flexibility index (Phi) is 11.5. The summed E-state index contributed by atoms with van der Waals surface area (Å²) in [6, 6.07) is 8.41. The number of esters is 1. The van der Waals surface area contributed by atoms with E-state index in [1.165, 1.54) is 30.6 Å². The number of nitrogens with one attached hydrogen (secondary N) is 1. The van der Waals surface area contributed by atoms with Gasteiger partial charge in [-0.05, 0) is 60.7 Å². The summed E-state index contributed by atoms with van der Waals surface area (Å²) in [7, 11) is -4.32. The molecule has 5 rings (SSSR count). The monoisotopic (exact) mass is 757 g/mol. The molecule has 48 heavy (non-hydrogen) atoms. The molecule has 1 saturated carbocycles. The van der Waals surface area contributed by atoms with Crippen LogP contribution >= 0.6 is 35.0 Å². The molecule has 1 aliphatic heterocycles. The van der Waals surface area contributed by atoms with Gasteiger partial charge in [-0.25, -0.2) is 18.2 Å². The first kappa shape index (κ1) is 36.2. The molecule has 0 amide bonds. The number of H-pyrrole nitrogens is 1. The van der Waals surface area contributed by atoms with Gasteiger partial charge >= 0.3 is 18.8 Å². The zero-order chi connectivity index (χ0) is 34.6. The molecule has 1 N–H and O–H groups in total. The Morgan fingerprint density at radius 3 is 2.33 bits per heavy atom. The van der Waals surface area contributed by atoms with Crippen LogP contribution in [0.2, 0.25) is 10.0 Å². The van der Waals surface area contributed by atoms with Gasteiger partial charge in [-0.3, -0.25) is 0 Å². The van der Waals surface area contributed by atoms with Gasteiger partial charge in [0.2, 0.25) is 10.0 Å². The lowest BCUT2D eigenvalue weighted by atomic mass is 10.0. The summed E-state index contributed by atoms with van der Waals surface area (Å²) in [6.45, 7) is -4.47. The van der Waals surface area contributed by atoms with Gasteiger partial charge in [0.15, 0.2) is 35.9 Å². The summed E-state index contributed by atoms with van der Waals surface area (Å²) in [5.74, 6) is -0.830. The molecule has 3 aromatic rings. The van der Waals surface area contributed by atoms with Gasteiger partial charge in [-0.2, -0.15) is 26.3 Å². The molecule has 2 atom stereocenters. The predicted molar refractivity (Wildman–Crippen MR) is 165 cm³/mol. The number of hydrogen-bond donors (Lipinski definition) is 0. The van der Waals surface area contributed by atoms with Gasteiger partial charge in [-0.1, -0.05) is 29.3 Å². The number of pyridine rings is 1. The van der Waals surface area contributed by atoms with Crippen LogP contribution in [0.15, 0.2) is 59.8 Å². The number of nitrogens with zero attached hydrogens (tertiary/aromatic N) is 1. The molecule has 2 aromatic carbocycles.